The van der Waals surface area contributed by atoms with E-state index in [1.165, 1.54) is 12.1 Å². The standard InChI is InChI=1S/C7H8O3S.C3H9P/c1-6-2-4-7(5-3-6)11(8,9)10;1-4(2)3/h2-5H,1H3,(H,8,9,10);1-3H3. The fourth-order valence-electron chi connectivity index (χ4n) is 0.705. The summed E-state index contributed by atoms with van der Waals surface area (Å²) in [7, 11) is -4.15. The highest BCUT2D eigenvalue weighted by atomic mass is 32.2. The van der Waals surface area contributed by atoms with Crippen LogP contribution in [0, 0.1) is 6.92 Å². The fraction of sp³-hybridized carbons (Fsp3) is 0.400. The van der Waals surface area contributed by atoms with Crippen LogP contribution >= 0.6 is 7.92 Å². The fourth-order valence-corrected chi connectivity index (χ4v) is 1.17. The molecular weight excluding hydrogens is 231 g/mol. The molecule has 0 heterocycles. The summed E-state index contributed by atoms with van der Waals surface area (Å²) in [6.07, 6.45) is 0. The third-order valence-electron chi connectivity index (χ3n) is 1.31. The average Bonchev–Trinajstić information content (AvgIpc) is 2.01. The molecule has 1 rings (SSSR count). The molecule has 0 radical (unpaired) electrons. The van der Waals surface area contributed by atoms with Crippen molar-refractivity contribution >= 4 is 18.0 Å². The molecule has 0 saturated carbocycles. The third kappa shape index (κ3) is 7.48. The van der Waals surface area contributed by atoms with Crippen molar-refractivity contribution in [1.29, 1.82) is 0 Å². The molecule has 1 aromatic rings. The van der Waals surface area contributed by atoms with Gasteiger partial charge in [-0.25, -0.2) is 8.42 Å². The molecule has 0 aliphatic rings. The summed E-state index contributed by atoms with van der Waals surface area (Å²) >= 11 is 0. The summed E-state index contributed by atoms with van der Waals surface area (Å²) in [5.74, 6) is 0. The molecule has 0 N–H and O–H groups in total. The van der Waals surface area contributed by atoms with Gasteiger partial charge in [0, 0.05) is 20.0 Å². The van der Waals surface area contributed by atoms with Gasteiger partial charge in [0.1, 0.15) is 10.1 Å². The van der Waals surface area contributed by atoms with Crippen LogP contribution in [0.3, 0.4) is 0 Å². The molecule has 0 atom stereocenters. The van der Waals surface area contributed by atoms with Gasteiger partial charge in [-0.1, -0.05) is 17.7 Å². The van der Waals surface area contributed by atoms with Gasteiger partial charge in [-0.3, -0.25) is 0 Å². The summed E-state index contributed by atoms with van der Waals surface area (Å²) in [4.78, 5) is -0.178. The molecule has 0 amide bonds. The Kier molecular flexibility index (Phi) is 6.03. The lowest BCUT2D eigenvalue weighted by molar-refractivity contribution is 0.463. The highest BCUT2D eigenvalue weighted by molar-refractivity contribution is 7.85. The molecule has 1 aromatic carbocycles. The molecule has 5 heteroatoms. The monoisotopic (exact) mass is 248 g/mol. The van der Waals surface area contributed by atoms with E-state index in [1.54, 1.807) is 12.1 Å². The number of rotatable bonds is 1. The van der Waals surface area contributed by atoms with E-state index in [9.17, 15) is 13.0 Å². The highest BCUT2D eigenvalue weighted by Gasteiger charge is 1.97. The Hall–Kier alpha value is -0.440. The van der Waals surface area contributed by atoms with Crippen molar-refractivity contribution in [2.45, 2.75) is 11.8 Å². The maximum absolute atomic E-state index is 10.4. The number of hydrogen-bond acceptors (Lipinski definition) is 3. The minimum Gasteiger partial charge on any atom is -0.744 e. The van der Waals surface area contributed by atoms with E-state index in [-0.39, 0.29) is 12.8 Å². The van der Waals surface area contributed by atoms with Gasteiger partial charge in [0.2, 0.25) is 0 Å². The highest BCUT2D eigenvalue weighted by Crippen LogP contribution is 2.14. The normalized spacial score (nSPS) is 10.8. The largest absolute Gasteiger partial charge is 0.744 e. The third-order valence-corrected chi connectivity index (χ3v) is 2.16. The molecule has 86 valence electrons. The van der Waals surface area contributed by atoms with E-state index in [0.717, 1.165) is 5.56 Å². The number of benzene rings is 1. The summed E-state index contributed by atoms with van der Waals surface area (Å²) < 4.78 is 31.2. The molecule has 0 saturated heterocycles. The van der Waals surface area contributed by atoms with E-state index in [2.05, 4.69) is 20.0 Å². The van der Waals surface area contributed by atoms with Gasteiger partial charge in [-0.15, -0.1) is 0 Å². The van der Waals surface area contributed by atoms with Gasteiger partial charge in [0.05, 0.1) is 4.90 Å². The first-order valence-corrected chi connectivity index (χ1v) is 8.93. The van der Waals surface area contributed by atoms with Crippen LogP contribution in [0.5, 0.6) is 0 Å². The Labute approximate surface area is 93.0 Å². The Morgan fingerprint density at radius 2 is 1.40 bits per heavy atom. The lowest BCUT2D eigenvalue weighted by atomic mass is 10.2. The van der Waals surface area contributed by atoms with E-state index >= 15 is 0 Å². The maximum Gasteiger partial charge on any atom is 0.124 e. The average molecular weight is 248 g/mol. The maximum atomic E-state index is 10.4. The van der Waals surface area contributed by atoms with Gasteiger partial charge in [0.15, 0.2) is 0 Å². The Bertz CT molecular complexity index is 379. The predicted molar refractivity (Wildman–Crippen MR) is 65.2 cm³/mol. The van der Waals surface area contributed by atoms with Crippen LogP contribution in [-0.2, 0) is 10.1 Å². The Morgan fingerprint density at radius 3 is 1.67 bits per heavy atom. The first-order valence-electron chi connectivity index (χ1n) is 4.53. The van der Waals surface area contributed by atoms with Crippen LogP contribution < -0.4 is 0 Å². The zero-order valence-corrected chi connectivity index (χ0v) is 11.3. The second-order valence-electron chi connectivity index (χ2n) is 3.77. The molecule has 0 aliphatic heterocycles. The van der Waals surface area contributed by atoms with E-state index < -0.39 is 10.1 Å². The van der Waals surface area contributed by atoms with Gasteiger partial charge in [-0.05, 0) is 27.0 Å². The van der Waals surface area contributed by atoms with Crippen molar-refractivity contribution in [2.24, 2.45) is 0 Å². The van der Waals surface area contributed by atoms with Crippen LogP contribution in [0.25, 0.3) is 0 Å². The summed E-state index contributed by atoms with van der Waals surface area (Å²) in [6.45, 7) is 8.63. The molecule has 15 heavy (non-hydrogen) atoms. The Morgan fingerprint density at radius 1 is 1.07 bits per heavy atom. The van der Waals surface area contributed by atoms with Gasteiger partial charge >= 0.3 is 0 Å². The van der Waals surface area contributed by atoms with Crippen LogP contribution in [0.1, 0.15) is 5.56 Å². The SMILES string of the molecule is C[PH+](C)C.Cc1ccc(S(=O)(=O)[O-])cc1. The summed E-state index contributed by atoms with van der Waals surface area (Å²) in [5, 5.41) is 0. The first kappa shape index (κ1) is 14.6. The Balaban J connectivity index is 0.000000423. The molecular formula is C10H17O3PS. The molecule has 0 bridgehead atoms. The molecule has 0 fully saturated rings. The molecule has 0 spiro atoms. The van der Waals surface area contributed by atoms with E-state index in [4.69, 9.17) is 0 Å². The van der Waals surface area contributed by atoms with E-state index in [0.29, 0.717) is 0 Å². The summed E-state index contributed by atoms with van der Waals surface area (Å²) in [5.41, 5.74) is 0.928. The molecule has 0 unspecified atom stereocenters. The van der Waals surface area contributed by atoms with Crippen molar-refractivity contribution in [3.05, 3.63) is 29.8 Å². The van der Waals surface area contributed by atoms with Crippen molar-refractivity contribution < 1.29 is 13.0 Å². The van der Waals surface area contributed by atoms with Crippen LogP contribution in [0.15, 0.2) is 29.2 Å². The zero-order chi connectivity index (χ0) is 12.1. The van der Waals surface area contributed by atoms with E-state index in [1.807, 2.05) is 6.92 Å². The van der Waals surface area contributed by atoms with Crippen molar-refractivity contribution in [3.63, 3.8) is 0 Å². The lowest BCUT2D eigenvalue weighted by Crippen LogP contribution is -1.97. The number of hydrogen-bond donors (Lipinski definition) is 0. The van der Waals surface area contributed by atoms with Crippen LogP contribution in [-0.4, -0.2) is 33.0 Å². The predicted octanol–water partition coefficient (Wildman–Crippen LogP) is 1.99. The second kappa shape index (κ2) is 6.21. The van der Waals surface area contributed by atoms with Crippen LogP contribution in [0.4, 0.5) is 0 Å². The number of aryl methyl sites for hydroxylation is 1. The topological polar surface area (TPSA) is 57.2 Å². The minimum absolute atomic E-state index is 0.120. The molecule has 0 aliphatic carbocycles. The molecule has 0 aromatic heterocycles. The van der Waals surface area contributed by atoms with Crippen molar-refractivity contribution in [2.75, 3.05) is 20.0 Å². The second-order valence-corrected chi connectivity index (χ2v) is 8.15. The van der Waals surface area contributed by atoms with Crippen LogP contribution in [0.2, 0.25) is 0 Å². The quantitative estimate of drug-likeness (QED) is 0.564. The van der Waals surface area contributed by atoms with Gasteiger partial charge < -0.3 is 4.55 Å². The smallest absolute Gasteiger partial charge is 0.124 e. The lowest BCUT2D eigenvalue weighted by Gasteiger charge is -2.05. The summed E-state index contributed by atoms with van der Waals surface area (Å²) in [6, 6.07) is 5.78. The van der Waals surface area contributed by atoms with Crippen molar-refractivity contribution in [3.8, 4) is 0 Å². The van der Waals surface area contributed by atoms with Gasteiger partial charge in [0.25, 0.3) is 0 Å². The molecule has 3 nitrogen and oxygen atoms in total. The van der Waals surface area contributed by atoms with Gasteiger partial charge in [-0.2, -0.15) is 0 Å². The first-order chi connectivity index (χ1) is 6.73. The zero-order valence-electron chi connectivity index (χ0n) is 9.44. The minimum atomic E-state index is -4.27. The van der Waals surface area contributed by atoms with Crippen molar-refractivity contribution in [1.82, 2.24) is 0 Å².